The van der Waals surface area contributed by atoms with Crippen LogP contribution in [0.4, 0.5) is 0 Å². The lowest BCUT2D eigenvalue weighted by Gasteiger charge is -2.14. The van der Waals surface area contributed by atoms with Crippen molar-refractivity contribution in [2.24, 2.45) is 7.05 Å². The molecule has 3 rings (SSSR count). The first-order valence-corrected chi connectivity index (χ1v) is 9.46. The molecule has 150 valence electrons. The van der Waals surface area contributed by atoms with Gasteiger partial charge in [-0.25, -0.2) is 0 Å². The van der Waals surface area contributed by atoms with Gasteiger partial charge in [0, 0.05) is 31.3 Å². The zero-order valence-electron chi connectivity index (χ0n) is 15.7. The van der Waals surface area contributed by atoms with Gasteiger partial charge in [-0.1, -0.05) is 29.3 Å². The van der Waals surface area contributed by atoms with Crippen LogP contribution in [-0.4, -0.2) is 21.2 Å². The second-order valence-electron chi connectivity index (χ2n) is 6.54. The number of nitrogens with zero attached hydrogens (tertiary/aromatic N) is 1. The summed E-state index contributed by atoms with van der Waals surface area (Å²) in [6, 6.07) is 9.58. The molecule has 0 bridgehead atoms. The quantitative estimate of drug-likeness (QED) is 0.558. The van der Waals surface area contributed by atoms with Crippen LogP contribution in [0.1, 0.15) is 30.1 Å². The molecule has 1 heterocycles. The van der Waals surface area contributed by atoms with Gasteiger partial charge >= 0.3 is 0 Å². The van der Waals surface area contributed by atoms with Gasteiger partial charge in [0.05, 0.1) is 15.6 Å². The standard InChI is InChI=1S/C21H17Cl2NO5/c1-11(25)6-9-17(26)18-19(27)13-8-7-12(10-16(13)24(2)21(18)28)29-20-14(22)4-3-5-15(20)23/h3-5,7-8,10,27H,6,9H2,1-2H3. The molecule has 0 unspecified atom stereocenters. The number of pyridine rings is 1. The molecule has 29 heavy (non-hydrogen) atoms. The molecule has 0 aliphatic carbocycles. The summed E-state index contributed by atoms with van der Waals surface area (Å²) in [6.07, 6.45) is -0.138. The molecule has 1 N–H and O–H groups in total. The predicted molar refractivity (Wildman–Crippen MR) is 112 cm³/mol. The van der Waals surface area contributed by atoms with E-state index in [4.69, 9.17) is 27.9 Å². The molecule has 1 aromatic heterocycles. The number of benzene rings is 2. The van der Waals surface area contributed by atoms with Crippen LogP contribution in [0, 0.1) is 0 Å². The number of carbonyl (C=O) groups excluding carboxylic acids is 2. The van der Waals surface area contributed by atoms with Crippen LogP contribution in [0.15, 0.2) is 41.2 Å². The van der Waals surface area contributed by atoms with Crippen LogP contribution >= 0.6 is 23.2 Å². The number of para-hydroxylation sites is 1. The number of rotatable bonds is 6. The van der Waals surface area contributed by atoms with Crippen LogP contribution in [0.25, 0.3) is 10.9 Å². The monoisotopic (exact) mass is 433 g/mol. The maximum absolute atomic E-state index is 12.7. The normalized spacial score (nSPS) is 10.9. The number of aromatic nitrogens is 1. The van der Waals surface area contributed by atoms with E-state index in [-0.39, 0.29) is 29.9 Å². The number of ether oxygens (including phenoxy) is 1. The van der Waals surface area contributed by atoms with E-state index in [1.54, 1.807) is 30.3 Å². The van der Waals surface area contributed by atoms with Crippen LogP contribution in [-0.2, 0) is 11.8 Å². The molecule has 0 saturated carbocycles. The Morgan fingerprint density at radius 3 is 2.38 bits per heavy atom. The lowest BCUT2D eigenvalue weighted by Crippen LogP contribution is -2.25. The second kappa shape index (κ2) is 8.27. The molecule has 0 saturated heterocycles. The number of carbonyl (C=O) groups is 2. The highest BCUT2D eigenvalue weighted by Gasteiger charge is 2.21. The molecule has 6 nitrogen and oxygen atoms in total. The third-order valence-corrected chi connectivity index (χ3v) is 5.06. The highest BCUT2D eigenvalue weighted by Crippen LogP contribution is 2.37. The van der Waals surface area contributed by atoms with Crippen LogP contribution < -0.4 is 10.3 Å². The van der Waals surface area contributed by atoms with Crippen molar-refractivity contribution >= 4 is 45.7 Å². The SMILES string of the molecule is CC(=O)CCC(=O)c1c(O)c2ccc(Oc3c(Cl)cccc3Cl)cc2n(C)c1=O. The molecule has 8 heteroatoms. The van der Waals surface area contributed by atoms with E-state index >= 15 is 0 Å². The third kappa shape index (κ3) is 4.13. The Morgan fingerprint density at radius 2 is 1.76 bits per heavy atom. The molecular weight excluding hydrogens is 417 g/mol. The fraction of sp³-hybridized carbons (Fsp3) is 0.190. The van der Waals surface area contributed by atoms with Crippen molar-refractivity contribution in [1.82, 2.24) is 4.57 Å². The van der Waals surface area contributed by atoms with E-state index in [0.717, 1.165) is 0 Å². The highest BCUT2D eigenvalue weighted by atomic mass is 35.5. The Morgan fingerprint density at radius 1 is 1.10 bits per heavy atom. The third-order valence-electron chi connectivity index (χ3n) is 4.46. The second-order valence-corrected chi connectivity index (χ2v) is 7.36. The van der Waals surface area contributed by atoms with Crippen molar-refractivity contribution in [3.05, 3.63) is 62.4 Å². The van der Waals surface area contributed by atoms with Gasteiger partial charge in [-0.3, -0.25) is 9.59 Å². The van der Waals surface area contributed by atoms with Crippen molar-refractivity contribution in [3.8, 4) is 17.2 Å². The average Bonchev–Trinajstić information content (AvgIpc) is 2.67. The Kier molecular flexibility index (Phi) is 5.96. The van der Waals surface area contributed by atoms with E-state index in [0.29, 0.717) is 26.7 Å². The van der Waals surface area contributed by atoms with Gasteiger partial charge in [-0.05, 0) is 31.2 Å². The minimum absolute atomic E-state index is 0.00480. The summed E-state index contributed by atoms with van der Waals surface area (Å²) >= 11 is 12.2. The lowest BCUT2D eigenvalue weighted by atomic mass is 10.0. The number of hydrogen-bond acceptors (Lipinski definition) is 5. The first-order valence-electron chi connectivity index (χ1n) is 8.71. The smallest absolute Gasteiger partial charge is 0.265 e. The van der Waals surface area contributed by atoms with Gasteiger partial charge in [0.1, 0.15) is 22.8 Å². The molecule has 3 aromatic rings. The van der Waals surface area contributed by atoms with Crippen LogP contribution in [0.2, 0.25) is 10.0 Å². The molecule has 0 atom stereocenters. The van der Waals surface area contributed by atoms with Gasteiger partial charge in [0.2, 0.25) is 0 Å². The Labute approximate surface area is 176 Å². The summed E-state index contributed by atoms with van der Waals surface area (Å²) in [4.78, 5) is 36.2. The van der Waals surface area contributed by atoms with E-state index in [2.05, 4.69) is 0 Å². The molecule has 0 aliphatic rings. The Bertz CT molecular complexity index is 1180. The first kappa shape index (κ1) is 20.9. The fourth-order valence-electron chi connectivity index (χ4n) is 2.93. The maximum atomic E-state index is 12.7. The minimum Gasteiger partial charge on any atom is -0.506 e. The van der Waals surface area contributed by atoms with E-state index in [1.807, 2.05) is 0 Å². The average molecular weight is 434 g/mol. The van der Waals surface area contributed by atoms with Gasteiger partial charge in [-0.15, -0.1) is 0 Å². The van der Waals surface area contributed by atoms with Gasteiger partial charge in [-0.2, -0.15) is 0 Å². The Balaban J connectivity index is 2.08. The van der Waals surface area contributed by atoms with Crippen LogP contribution in [0.3, 0.4) is 0 Å². The van der Waals surface area contributed by atoms with Crippen LogP contribution in [0.5, 0.6) is 17.2 Å². The zero-order valence-corrected chi connectivity index (χ0v) is 17.2. The lowest BCUT2D eigenvalue weighted by molar-refractivity contribution is -0.116. The molecule has 0 aliphatic heterocycles. The number of ketones is 2. The summed E-state index contributed by atoms with van der Waals surface area (Å²) < 4.78 is 7.01. The molecule has 0 amide bonds. The van der Waals surface area contributed by atoms with Gasteiger partial charge in [0.15, 0.2) is 11.5 Å². The summed E-state index contributed by atoms with van der Waals surface area (Å²) in [5, 5.41) is 11.5. The molecule has 0 fully saturated rings. The molecule has 2 aromatic carbocycles. The largest absolute Gasteiger partial charge is 0.506 e. The van der Waals surface area contributed by atoms with Crippen molar-refractivity contribution < 1.29 is 19.4 Å². The zero-order chi connectivity index (χ0) is 21.3. The number of aryl methyl sites for hydroxylation is 1. The van der Waals surface area contributed by atoms with E-state index in [9.17, 15) is 19.5 Å². The van der Waals surface area contributed by atoms with Crippen molar-refractivity contribution in [3.63, 3.8) is 0 Å². The van der Waals surface area contributed by atoms with Crippen molar-refractivity contribution in [1.29, 1.82) is 0 Å². The summed E-state index contributed by atoms with van der Waals surface area (Å²) in [5.74, 6) is -0.559. The molecule has 0 spiro atoms. The summed E-state index contributed by atoms with van der Waals surface area (Å²) in [5.41, 5.74) is -0.628. The fourth-order valence-corrected chi connectivity index (χ4v) is 3.40. The highest BCUT2D eigenvalue weighted by molar-refractivity contribution is 6.37. The number of halogens is 2. The summed E-state index contributed by atoms with van der Waals surface area (Å²) in [7, 11) is 1.48. The number of aromatic hydroxyl groups is 1. The number of Topliss-reactive ketones (excluding diaryl/α,β-unsaturated/α-hetero) is 2. The maximum Gasteiger partial charge on any atom is 0.265 e. The topological polar surface area (TPSA) is 85.6 Å². The predicted octanol–water partition coefficient (Wildman–Crippen LogP) is 4.90. The van der Waals surface area contributed by atoms with E-state index in [1.165, 1.54) is 24.6 Å². The number of fused-ring (bicyclic) bond motifs is 1. The number of hydrogen-bond donors (Lipinski definition) is 1. The first-order chi connectivity index (χ1) is 13.7. The minimum atomic E-state index is -0.656. The summed E-state index contributed by atoms with van der Waals surface area (Å²) in [6.45, 7) is 1.36. The Hall–Kier alpha value is -2.83. The molecule has 0 radical (unpaired) electrons. The van der Waals surface area contributed by atoms with E-state index < -0.39 is 17.1 Å². The van der Waals surface area contributed by atoms with Crippen molar-refractivity contribution in [2.45, 2.75) is 19.8 Å². The molecular formula is C21H17Cl2NO5. The van der Waals surface area contributed by atoms with Gasteiger partial charge < -0.3 is 19.2 Å². The van der Waals surface area contributed by atoms with Gasteiger partial charge in [0.25, 0.3) is 5.56 Å². The van der Waals surface area contributed by atoms with Crippen molar-refractivity contribution in [2.75, 3.05) is 0 Å².